The van der Waals surface area contributed by atoms with E-state index in [1.54, 1.807) is 24.3 Å². The highest BCUT2D eigenvalue weighted by atomic mass is 35.5. The minimum Gasteiger partial charge on any atom is -0.454 e. The number of halogens is 1. The highest BCUT2D eigenvalue weighted by Gasteiger charge is 2.68. The molecule has 4 rings (SSSR count). The first kappa shape index (κ1) is 16.7. The average molecular weight is 381 g/mol. The summed E-state index contributed by atoms with van der Waals surface area (Å²) in [6.45, 7) is 0.213. The van der Waals surface area contributed by atoms with E-state index in [9.17, 15) is 8.42 Å². The average Bonchev–Trinajstić information content (AvgIpc) is 2.99. The van der Waals surface area contributed by atoms with Gasteiger partial charge in [0.1, 0.15) is 0 Å². The summed E-state index contributed by atoms with van der Waals surface area (Å²) in [4.78, 5) is 0.188. The van der Waals surface area contributed by atoms with Crippen LogP contribution in [-0.2, 0) is 9.84 Å². The van der Waals surface area contributed by atoms with Crippen LogP contribution in [0.15, 0.2) is 47.4 Å². The van der Waals surface area contributed by atoms with E-state index in [2.05, 4.69) is 0 Å². The Morgan fingerprint density at radius 2 is 1.80 bits per heavy atom. The van der Waals surface area contributed by atoms with Crippen LogP contribution >= 0.6 is 11.6 Å². The quantitative estimate of drug-likeness (QED) is 0.835. The molecule has 1 saturated carbocycles. The van der Waals surface area contributed by atoms with Crippen molar-refractivity contribution < 1.29 is 17.9 Å². The summed E-state index contributed by atoms with van der Waals surface area (Å²) >= 11 is 5.85. The van der Waals surface area contributed by atoms with Crippen molar-refractivity contribution in [1.29, 1.82) is 0 Å². The molecule has 4 N–H and O–H groups in total. The molecule has 1 aliphatic carbocycles. The molecule has 0 radical (unpaired) electrons. The monoisotopic (exact) mass is 380 g/mol. The standard InChI is InChI=1S/C17H17ClN2O4S/c18-11-2-4-12(5-3-11)25(21,22)16-15(17(16,20)8-19)10-1-6-13-14(7-10)24-9-23-13/h1-7,15-16H,8-9,19-20H2/t15-,16+,17+/m1/s1. The van der Waals surface area contributed by atoms with Crippen LogP contribution in [-0.4, -0.2) is 32.5 Å². The van der Waals surface area contributed by atoms with E-state index in [1.165, 1.54) is 12.1 Å². The van der Waals surface area contributed by atoms with Gasteiger partial charge in [-0.2, -0.15) is 0 Å². The minimum atomic E-state index is -3.65. The molecule has 0 bridgehead atoms. The predicted molar refractivity (Wildman–Crippen MR) is 93.7 cm³/mol. The third kappa shape index (κ3) is 2.50. The zero-order valence-corrected chi connectivity index (χ0v) is 14.8. The summed E-state index contributed by atoms with van der Waals surface area (Å²) < 4.78 is 36.8. The van der Waals surface area contributed by atoms with E-state index >= 15 is 0 Å². The largest absolute Gasteiger partial charge is 0.454 e. The van der Waals surface area contributed by atoms with Gasteiger partial charge >= 0.3 is 0 Å². The molecule has 2 aliphatic rings. The zero-order chi connectivity index (χ0) is 17.8. The Bertz CT molecular complexity index is 932. The SMILES string of the molecule is NC[C@]1(N)[C@H](c2ccc3c(c2)OCO3)[C@@H]1S(=O)(=O)c1ccc(Cl)cc1. The lowest BCUT2D eigenvalue weighted by Gasteiger charge is -2.09. The Kier molecular flexibility index (Phi) is 3.73. The molecule has 3 atom stereocenters. The molecule has 0 amide bonds. The van der Waals surface area contributed by atoms with E-state index in [1.807, 2.05) is 6.07 Å². The van der Waals surface area contributed by atoms with Crippen molar-refractivity contribution in [2.45, 2.75) is 21.6 Å². The maximum absolute atomic E-state index is 13.1. The smallest absolute Gasteiger partial charge is 0.231 e. The predicted octanol–water partition coefficient (Wildman–Crippen LogP) is 1.66. The summed E-state index contributed by atoms with van der Waals surface area (Å²) in [5.41, 5.74) is 11.9. The molecule has 1 heterocycles. The summed E-state index contributed by atoms with van der Waals surface area (Å²) in [5, 5.41) is -0.327. The van der Waals surface area contributed by atoms with Gasteiger partial charge in [0, 0.05) is 17.5 Å². The molecule has 2 aromatic rings. The van der Waals surface area contributed by atoms with Gasteiger partial charge in [-0.3, -0.25) is 0 Å². The second-order valence-corrected chi connectivity index (χ2v) is 8.83. The lowest BCUT2D eigenvalue weighted by Crippen LogP contribution is -2.39. The van der Waals surface area contributed by atoms with Gasteiger partial charge < -0.3 is 20.9 Å². The van der Waals surface area contributed by atoms with Crippen LogP contribution in [0, 0.1) is 0 Å². The van der Waals surface area contributed by atoms with Crippen LogP contribution in [0.3, 0.4) is 0 Å². The minimum absolute atomic E-state index is 0.0591. The molecule has 0 unspecified atom stereocenters. The van der Waals surface area contributed by atoms with E-state index in [0.29, 0.717) is 16.5 Å². The van der Waals surface area contributed by atoms with Gasteiger partial charge in [0.25, 0.3) is 0 Å². The van der Waals surface area contributed by atoms with Crippen molar-refractivity contribution in [2.24, 2.45) is 11.5 Å². The maximum atomic E-state index is 13.1. The summed E-state index contributed by atoms with van der Waals surface area (Å²) in [7, 11) is -3.65. The van der Waals surface area contributed by atoms with Crippen molar-refractivity contribution in [1.82, 2.24) is 0 Å². The lowest BCUT2D eigenvalue weighted by atomic mass is 10.1. The first-order valence-electron chi connectivity index (χ1n) is 7.76. The number of rotatable bonds is 4. The van der Waals surface area contributed by atoms with Crippen LogP contribution in [0.5, 0.6) is 11.5 Å². The number of hydrogen-bond donors (Lipinski definition) is 2. The molecule has 132 valence electrons. The Morgan fingerprint density at radius 3 is 2.48 bits per heavy atom. The second kappa shape index (κ2) is 5.60. The fourth-order valence-electron chi connectivity index (χ4n) is 3.50. The van der Waals surface area contributed by atoms with Gasteiger partial charge in [-0.25, -0.2) is 8.42 Å². The van der Waals surface area contributed by atoms with Gasteiger partial charge in [0.2, 0.25) is 6.79 Å². The van der Waals surface area contributed by atoms with Gasteiger partial charge in [-0.1, -0.05) is 17.7 Å². The Labute approximate surface area is 150 Å². The Balaban J connectivity index is 1.73. The fourth-order valence-corrected chi connectivity index (χ4v) is 5.94. The maximum Gasteiger partial charge on any atom is 0.231 e. The first-order chi connectivity index (χ1) is 11.9. The third-order valence-electron chi connectivity index (χ3n) is 4.89. The lowest BCUT2D eigenvalue weighted by molar-refractivity contribution is 0.174. The number of benzene rings is 2. The van der Waals surface area contributed by atoms with E-state index < -0.39 is 26.5 Å². The first-order valence-corrected chi connectivity index (χ1v) is 9.68. The van der Waals surface area contributed by atoms with Crippen molar-refractivity contribution in [2.75, 3.05) is 13.3 Å². The molecule has 8 heteroatoms. The van der Waals surface area contributed by atoms with Crippen LogP contribution in [0.2, 0.25) is 5.02 Å². The number of fused-ring (bicyclic) bond motifs is 1. The van der Waals surface area contributed by atoms with E-state index in [4.69, 9.17) is 32.5 Å². The molecule has 0 saturated heterocycles. The molecule has 25 heavy (non-hydrogen) atoms. The zero-order valence-electron chi connectivity index (χ0n) is 13.2. The van der Waals surface area contributed by atoms with Gasteiger partial charge in [0.05, 0.1) is 15.7 Å². The van der Waals surface area contributed by atoms with Gasteiger partial charge in [-0.15, -0.1) is 0 Å². The highest BCUT2D eigenvalue weighted by Crippen LogP contribution is 2.56. The summed E-state index contributed by atoms with van der Waals surface area (Å²) in [6.07, 6.45) is 0. The summed E-state index contributed by atoms with van der Waals surface area (Å²) in [5.74, 6) is 0.816. The number of nitrogens with two attached hydrogens (primary N) is 2. The summed E-state index contributed by atoms with van der Waals surface area (Å²) in [6, 6.07) is 11.4. The van der Waals surface area contributed by atoms with Crippen molar-refractivity contribution in [3.63, 3.8) is 0 Å². The molecule has 1 fully saturated rings. The Hall–Kier alpha value is -1.80. The molecule has 1 aliphatic heterocycles. The number of sulfone groups is 1. The molecule has 0 aromatic heterocycles. The Morgan fingerprint density at radius 1 is 1.12 bits per heavy atom. The van der Waals surface area contributed by atoms with E-state index in [0.717, 1.165) is 5.56 Å². The van der Waals surface area contributed by atoms with E-state index in [-0.39, 0.29) is 18.2 Å². The second-order valence-electron chi connectivity index (χ2n) is 6.33. The molecule has 2 aromatic carbocycles. The van der Waals surface area contributed by atoms with Gasteiger partial charge in [0.15, 0.2) is 21.3 Å². The van der Waals surface area contributed by atoms with Crippen LogP contribution in [0.25, 0.3) is 0 Å². The van der Waals surface area contributed by atoms with Crippen LogP contribution in [0.4, 0.5) is 0 Å². The fraction of sp³-hybridized carbons (Fsp3) is 0.294. The topological polar surface area (TPSA) is 105 Å². The molecule has 6 nitrogen and oxygen atoms in total. The van der Waals surface area contributed by atoms with Gasteiger partial charge in [-0.05, 0) is 42.0 Å². The van der Waals surface area contributed by atoms with Crippen molar-refractivity contribution >= 4 is 21.4 Å². The molecule has 0 spiro atoms. The number of ether oxygens (including phenoxy) is 2. The van der Waals surface area contributed by atoms with Crippen LogP contribution < -0.4 is 20.9 Å². The van der Waals surface area contributed by atoms with Crippen LogP contribution in [0.1, 0.15) is 11.5 Å². The highest BCUT2D eigenvalue weighted by molar-refractivity contribution is 7.92. The normalized spacial score (nSPS) is 27.3. The molecular weight excluding hydrogens is 364 g/mol. The van der Waals surface area contributed by atoms with Crippen molar-refractivity contribution in [3.05, 3.63) is 53.1 Å². The van der Waals surface area contributed by atoms with Crippen molar-refractivity contribution in [3.8, 4) is 11.5 Å². The third-order valence-corrected chi connectivity index (χ3v) is 7.45. The molecular formula is C17H17ClN2O4S. The number of hydrogen-bond acceptors (Lipinski definition) is 6.